The number of hydrogen-bond donors (Lipinski definition) is 0. The number of rotatable bonds is 1. The standard InChI is InChI=1S/C13H10Br2/c1-9-5-4-8-12(15)13(9)10-6-2-3-7-11(10)14/h2-8H,1H3. The van der Waals surface area contributed by atoms with Crippen molar-refractivity contribution < 1.29 is 0 Å². The molecular formula is C13H10Br2. The lowest BCUT2D eigenvalue weighted by Crippen LogP contribution is -1.85. The number of hydrogen-bond acceptors (Lipinski definition) is 0. The predicted molar refractivity (Wildman–Crippen MR) is 72.0 cm³/mol. The molecule has 0 amide bonds. The number of halogens is 2. The van der Waals surface area contributed by atoms with E-state index >= 15 is 0 Å². The zero-order valence-corrected chi connectivity index (χ0v) is 11.5. The third-order valence-corrected chi connectivity index (χ3v) is 3.72. The molecule has 0 unspecified atom stereocenters. The van der Waals surface area contributed by atoms with Gasteiger partial charge in [0, 0.05) is 8.95 Å². The Bertz CT molecular complexity index is 469. The van der Waals surface area contributed by atoms with E-state index in [1.54, 1.807) is 0 Å². The van der Waals surface area contributed by atoms with Crippen molar-refractivity contribution in [1.82, 2.24) is 0 Å². The molecule has 2 heteroatoms. The van der Waals surface area contributed by atoms with E-state index in [0.29, 0.717) is 0 Å². The summed E-state index contributed by atoms with van der Waals surface area (Å²) in [4.78, 5) is 0. The van der Waals surface area contributed by atoms with E-state index < -0.39 is 0 Å². The van der Waals surface area contributed by atoms with Gasteiger partial charge in [0.2, 0.25) is 0 Å². The molecular weight excluding hydrogens is 316 g/mol. The maximum Gasteiger partial charge on any atom is 0.0256 e. The lowest BCUT2D eigenvalue weighted by atomic mass is 10.0. The van der Waals surface area contributed by atoms with Crippen molar-refractivity contribution in [3.8, 4) is 11.1 Å². The van der Waals surface area contributed by atoms with Crippen molar-refractivity contribution in [3.63, 3.8) is 0 Å². The number of benzene rings is 2. The van der Waals surface area contributed by atoms with Gasteiger partial charge in [0.25, 0.3) is 0 Å². The van der Waals surface area contributed by atoms with Crippen LogP contribution in [0.25, 0.3) is 11.1 Å². The summed E-state index contributed by atoms with van der Waals surface area (Å²) >= 11 is 7.18. The molecule has 2 rings (SSSR count). The van der Waals surface area contributed by atoms with Gasteiger partial charge in [-0.1, -0.05) is 62.2 Å². The smallest absolute Gasteiger partial charge is 0.0256 e. The van der Waals surface area contributed by atoms with Gasteiger partial charge >= 0.3 is 0 Å². The van der Waals surface area contributed by atoms with Crippen molar-refractivity contribution >= 4 is 31.9 Å². The third-order valence-electron chi connectivity index (χ3n) is 2.37. The molecule has 0 atom stereocenters. The lowest BCUT2D eigenvalue weighted by molar-refractivity contribution is 1.43. The lowest BCUT2D eigenvalue weighted by Gasteiger charge is -2.10. The first-order chi connectivity index (χ1) is 7.20. The number of aryl methyl sites for hydroxylation is 1. The zero-order chi connectivity index (χ0) is 10.8. The molecule has 2 aromatic rings. The first-order valence-electron chi connectivity index (χ1n) is 4.70. The van der Waals surface area contributed by atoms with E-state index in [1.807, 2.05) is 6.07 Å². The molecule has 2 aromatic carbocycles. The van der Waals surface area contributed by atoms with Crippen molar-refractivity contribution in [2.45, 2.75) is 6.92 Å². The normalized spacial score (nSPS) is 10.3. The second-order valence-corrected chi connectivity index (χ2v) is 5.12. The average Bonchev–Trinajstić information content (AvgIpc) is 2.20. The van der Waals surface area contributed by atoms with Crippen LogP contribution in [0.5, 0.6) is 0 Å². The SMILES string of the molecule is Cc1cccc(Br)c1-c1ccccc1Br. The van der Waals surface area contributed by atoms with Gasteiger partial charge in [-0.2, -0.15) is 0 Å². The quantitative estimate of drug-likeness (QED) is 0.677. The largest absolute Gasteiger partial charge is 0.0616 e. The predicted octanol–water partition coefficient (Wildman–Crippen LogP) is 5.19. The van der Waals surface area contributed by atoms with Gasteiger partial charge in [0.15, 0.2) is 0 Å². The van der Waals surface area contributed by atoms with E-state index in [0.717, 1.165) is 8.95 Å². The van der Waals surface area contributed by atoms with E-state index in [9.17, 15) is 0 Å². The summed E-state index contributed by atoms with van der Waals surface area (Å²) in [5.74, 6) is 0. The summed E-state index contributed by atoms with van der Waals surface area (Å²) in [5.41, 5.74) is 3.75. The molecule has 0 saturated carbocycles. The van der Waals surface area contributed by atoms with Crippen LogP contribution in [0.15, 0.2) is 51.4 Å². The zero-order valence-electron chi connectivity index (χ0n) is 8.30. The van der Waals surface area contributed by atoms with Gasteiger partial charge < -0.3 is 0 Å². The molecule has 0 aromatic heterocycles. The van der Waals surface area contributed by atoms with Crippen molar-refractivity contribution in [2.75, 3.05) is 0 Å². The Kier molecular flexibility index (Phi) is 3.27. The van der Waals surface area contributed by atoms with Crippen LogP contribution in [0.1, 0.15) is 5.56 Å². The van der Waals surface area contributed by atoms with Gasteiger partial charge in [-0.05, 0) is 35.7 Å². The molecule has 0 radical (unpaired) electrons. The van der Waals surface area contributed by atoms with Crippen LogP contribution >= 0.6 is 31.9 Å². The van der Waals surface area contributed by atoms with Gasteiger partial charge in [0.1, 0.15) is 0 Å². The Labute approximate surface area is 107 Å². The molecule has 15 heavy (non-hydrogen) atoms. The Morgan fingerprint density at radius 3 is 2.13 bits per heavy atom. The first kappa shape index (κ1) is 10.9. The van der Waals surface area contributed by atoms with Crippen LogP contribution in [0.2, 0.25) is 0 Å². The Morgan fingerprint density at radius 1 is 0.800 bits per heavy atom. The highest BCUT2D eigenvalue weighted by atomic mass is 79.9. The van der Waals surface area contributed by atoms with Crippen LogP contribution in [-0.2, 0) is 0 Å². The molecule has 0 aliphatic heterocycles. The highest BCUT2D eigenvalue weighted by Crippen LogP contribution is 2.35. The molecule has 0 fully saturated rings. The molecule has 0 aliphatic rings. The summed E-state index contributed by atoms with van der Waals surface area (Å²) < 4.78 is 2.26. The Morgan fingerprint density at radius 2 is 1.47 bits per heavy atom. The van der Waals surface area contributed by atoms with Crippen LogP contribution < -0.4 is 0 Å². The van der Waals surface area contributed by atoms with Crippen molar-refractivity contribution in [3.05, 3.63) is 57.0 Å². The second-order valence-electron chi connectivity index (χ2n) is 3.41. The van der Waals surface area contributed by atoms with Crippen molar-refractivity contribution in [1.29, 1.82) is 0 Å². The molecule has 0 spiro atoms. The topological polar surface area (TPSA) is 0 Å². The van der Waals surface area contributed by atoms with Gasteiger partial charge in [-0.3, -0.25) is 0 Å². The van der Waals surface area contributed by atoms with Crippen LogP contribution in [0.3, 0.4) is 0 Å². The maximum atomic E-state index is 3.60. The van der Waals surface area contributed by atoms with E-state index in [1.165, 1.54) is 16.7 Å². The van der Waals surface area contributed by atoms with Crippen LogP contribution in [0.4, 0.5) is 0 Å². The summed E-state index contributed by atoms with van der Waals surface area (Å²) in [6.07, 6.45) is 0. The minimum atomic E-state index is 1.13. The van der Waals surface area contributed by atoms with E-state index in [-0.39, 0.29) is 0 Å². The monoisotopic (exact) mass is 324 g/mol. The van der Waals surface area contributed by atoms with Gasteiger partial charge in [-0.25, -0.2) is 0 Å². The fourth-order valence-electron chi connectivity index (χ4n) is 1.64. The van der Waals surface area contributed by atoms with E-state index in [4.69, 9.17) is 0 Å². The Hall–Kier alpha value is -0.600. The maximum absolute atomic E-state index is 3.60. The fourth-order valence-corrected chi connectivity index (χ4v) is 2.80. The highest BCUT2D eigenvalue weighted by Gasteiger charge is 2.08. The molecule has 0 N–H and O–H groups in total. The molecule has 0 heterocycles. The molecule has 0 saturated heterocycles. The third kappa shape index (κ3) is 2.16. The molecule has 76 valence electrons. The average molecular weight is 326 g/mol. The summed E-state index contributed by atoms with van der Waals surface area (Å²) in [7, 11) is 0. The van der Waals surface area contributed by atoms with Crippen molar-refractivity contribution in [2.24, 2.45) is 0 Å². The molecule has 0 bridgehead atoms. The summed E-state index contributed by atoms with van der Waals surface area (Å²) in [5, 5.41) is 0. The molecule has 0 nitrogen and oxygen atoms in total. The second kappa shape index (κ2) is 4.50. The van der Waals surface area contributed by atoms with E-state index in [2.05, 4.69) is 75.2 Å². The first-order valence-corrected chi connectivity index (χ1v) is 6.29. The minimum absolute atomic E-state index is 1.13. The van der Waals surface area contributed by atoms with Crippen LogP contribution in [-0.4, -0.2) is 0 Å². The van der Waals surface area contributed by atoms with Gasteiger partial charge in [-0.15, -0.1) is 0 Å². The Balaban J connectivity index is 2.69. The summed E-state index contributed by atoms with van der Waals surface area (Å²) in [6.45, 7) is 2.12. The highest BCUT2D eigenvalue weighted by molar-refractivity contribution is 9.11. The minimum Gasteiger partial charge on any atom is -0.0616 e. The molecule has 0 aliphatic carbocycles. The van der Waals surface area contributed by atoms with Gasteiger partial charge in [0.05, 0.1) is 0 Å². The van der Waals surface area contributed by atoms with Crippen LogP contribution in [0, 0.1) is 6.92 Å². The fraction of sp³-hybridized carbons (Fsp3) is 0.0769. The summed E-state index contributed by atoms with van der Waals surface area (Å²) in [6, 6.07) is 14.5.